The minimum Gasteiger partial charge on any atom is -0.382 e. The normalized spacial score (nSPS) is 20.1. The van der Waals surface area contributed by atoms with Gasteiger partial charge in [0.15, 0.2) is 0 Å². The Morgan fingerprint density at radius 1 is 0.951 bits per heavy atom. The van der Waals surface area contributed by atoms with Crippen LogP contribution in [0.3, 0.4) is 0 Å². The van der Waals surface area contributed by atoms with Crippen molar-refractivity contribution in [2.24, 2.45) is 5.92 Å². The fourth-order valence-electron chi connectivity index (χ4n) is 5.46. The second-order valence-corrected chi connectivity index (χ2v) is 10.5. The molecule has 2 amide bonds. The van der Waals surface area contributed by atoms with E-state index in [2.05, 4.69) is 5.32 Å². The summed E-state index contributed by atoms with van der Waals surface area (Å²) in [5.74, 6) is 0.220. The average Bonchev–Trinajstić information content (AvgIpc) is 2.93. The van der Waals surface area contributed by atoms with Gasteiger partial charge in [0, 0.05) is 63.3 Å². The van der Waals surface area contributed by atoms with Crippen molar-refractivity contribution in [2.75, 3.05) is 50.0 Å². The zero-order chi connectivity index (χ0) is 29.9. The number of carbonyl (C=O) groups is 1. The molecule has 1 heterocycles. The molecule has 8 nitrogen and oxygen atoms in total. The molecular weight excluding hydrogens is 556 g/mol. The SMILES string of the molecule is CN(C[C@H]1CC[C@H](Nc2ccc([N+](=O)[O-])c(C(F)(F)F)c2)CC1)C(=O)N1CCN(c2ccc(C(F)(F)F)cc2)CC1. The molecule has 0 unspecified atom stereocenters. The molecule has 1 aliphatic heterocycles. The standard InChI is InChI=1S/C27H31F6N5O3/c1-35(25(39)37-14-12-36(13-15-37)22-9-4-19(5-10-22)26(28,29)30)17-18-2-6-20(7-3-18)34-21-8-11-24(38(40)41)23(16-21)27(31,32)33/h4-5,8-11,16,18,20,34H,2-3,6-7,12-15,17H2,1H3/t18-,20-. The zero-order valence-corrected chi connectivity index (χ0v) is 22.3. The Kier molecular flexibility index (Phi) is 8.88. The number of anilines is 2. The van der Waals surface area contributed by atoms with E-state index in [0.717, 1.165) is 37.1 Å². The molecular formula is C27H31F6N5O3. The highest BCUT2D eigenvalue weighted by Gasteiger charge is 2.38. The smallest absolute Gasteiger partial charge is 0.382 e. The van der Waals surface area contributed by atoms with Crippen LogP contribution in [0.1, 0.15) is 36.8 Å². The molecule has 2 fully saturated rings. The molecule has 1 aliphatic carbocycles. The van der Waals surface area contributed by atoms with Crippen molar-refractivity contribution in [3.05, 3.63) is 63.7 Å². The molecule has 0 bridgehead atoms. The van der Waals surface area contributed by atoms with Gasteiger partial charge in [-0.05, 0) is 68.0 Å². The van der Waals surface area contributed by atoms with E-state index in [0.29, 0.717) is 51.3 Å². The summed E-state index contributed by atoms with van der Waals surface area (Å²) in [4.78, 5) is 28.3. The van der Waals surface area contributed by atoms with Gasteiger partial charge in [-0.2, -0.15) is 26.3 Å². The molecule has 14 heteroatoms. The highest BCUT2D eigenvalue weighted by atomic mass is 19.4. The summed E-state index contributed by atoms with van der Waals surface area (Å²) >= 11 is 0. The van der Waals surface area contributed by atoms with Crippen LogP contribution in [0.15, 0.2) is 42.5 Å². The highest BCUT2D eigenvalue weighted by molar-refractivity contribution is 5.74. The number of nitrogens with zero attached hydrogens (tertiary/aromatic N) is 4. The summed E-state index contributed by atoms with van der Waals surface area (Å²) in [5.41, 5.74) is -2.13. The van der Waals surface area contributed by atoms with Gasteiger partial charge in [-0.15, -0.1) is 0 Å². The second-order valence-electron chi connectivity index (χ2n) is 10.5. The van der Waals surface area contributed by atoms with Gasteiger partial charge in [0.05, 0.1) is 10.5 Å². The Labute approximate surface area is 233 Å². The summed E-state index contributed by atoms with van der Waals surface area (Å²) in [5, 5.41) is 14.0. The summed E-state index contributed by atoms with van der Waals surface area (Å²) in [6.07, 6.45) is -6.36. The lowest BCUT2D eigenvalue weighted by molar-refractivity contribution is -0.388. The third kappa shape index (κ3) is 7.53. The second kappa shape index (κ2) is 12.0. The molecule has 0 atom stereocenters. The number of alkyl halides is 6. The van der Waals surface area contributed by atoms with Crippen LogP contribution in [0.2, 0.25) is 0 Å². The van der Waals surface area contributed by atoms with Crippen molar-refractivity contribution in [1.82, 2.24) is 9.80 Å². The Bertz CT molecular complexity index is 1220. The molecule has 0 aromatic heterocycles. The first kappa shape index (κ1) is 30.3. The number of carbonyl (C=O) groups excluding carboxylic acids is 1. The van der Waals surface area contributed by atoms with Crippen LogP contribution in [0.5, 0.6) is 0 Å². The van der Waals surface area contributed by atoms with Gasteiger partial charge in [-0.1, -0.05) is 0 Å². The molecule has 2 aromatic carbocycles. The monoisotopic (exact) mass is 587 g/mol. The molecule has 1 N–H and O–H groups in total. The number of nitro groups is 1. The summed E-state index contributed by atoms with van der Waals surface area (Å²) in [6.45, 7) is 2.41. The number of nitrogens with one attached hydrogen (secondary N) is 1. The van der Waals surface area contributed by atoms with Crippen LogP contribution in [0.25, 0.3) is 0 Å². The largest absolute Gasteiger partial charge is 0.423 e. The molecule has 0 spiro atoms. The van der Waals surface area contributed by atoms with Crippen LogP contribution in [0.4, 0.5) is 48.2 Å². The minimum absolute atomic E-state index is 0.0897. The summed E-state index contributed by atoms with van der Waals surface area (Å²) < 4.78 is 78.3. The maximum atomic E-state index is 13.3. The van der Waals surface area contributed by atoms with Gasteiger partial charge in [-0.3, -0.25) is 10.1 Å². The number of rotatable bonds is 6. The first-order valence-electron chi connectivity index (χ1n) is 13.3. The summed E-state index contributed by atoms with van der Waals surface area (Å²) in [6, 6.07) is 7.68. The number of piperazine rings is 1. The van der Waals surface area contributed by atoms with Crippen LogP contribution < -0.4 is 10.2 Å². The fraction of sp³-hybridized carbons (Fsp3) is 0.519. The molecule has 224 valence electrons. The predicted octanol–water partition coefficient (Wildman–Crippen LogP) is 6.48. The van der Waals surface area contributed by atoms with Crippen LogP contribution in [-0.2, 0) is 12.4 Å². The zero-order valence-electron chi connectivity index (χ0n) is 22.3. The molecule has 0 radical (unpaired) electrons. The lowest BCUT2D eigenvalue weighted by Crippen LogP contribution is -2.52. The van der Waals surface area contributed by atoms with Crippen molar-refractivity contribution in [3.63, 3.8) is 0 Å². The van der Waals surface area contributed by atoms with Gasteiger partial charge in [-0.25, -0.2) is 4.79 Å². The average molecular weight is 588 g/mol. The number of hydrogen-bond donors (Lipinski definition) is 1. The predicted molar refractivity (Wildman–Crippen MR) is 141 cm³/mol. The van der Waals surface area contributed by atoms with Gasteiger partial charge >= 0.3 is 18.4 Å². The highest BCUT2D eigenvalue weighted by Crippen LogP contribution is 2.38. The van der Waals surface area contributed by atoms with Gasteiger partial charge < -0.3 is 20.0 Å². The van der Waals surface area contributed by atoms with E-state index in [1.54, 1.807) is 16.8 Å². The number of benzene rings is 2. The Balaban J connectivity index is 1.23. The maximum Gasteiger partial charge on any atom is 0.423 e. The van der Waals surface area contributed by atoms with E-state index < -0.39 is 34.1 Å². The fourth-order valence-corrected chi connectivity index (χ4v) is 5.46. The van der Waals surface area contributed by atoms with Crippen molar-refractivity contribution < 1.29 is 36.1 Å². The number of amides is 2. The van der Waals surface area contributed by atoms with Gasteiger partial charge in [0.25, 0.3) is 5.69 Å². The van der Waals surface area contributed by atoms with E-state index in [4.69, 9.17) is 0 Å². The minimum atomic E-state index is -4.84. The first-order chi connectivity index (χ1) is 19.2. The topological polar surface area (TPSA) is 82.0 Å². The van der Waals surface area contributed by atoms with Crippen molar-refractivity contribution in [2.45, 2.75) is 44.1 Å². The lowest BCUT2D eigenvalue weighted by atomic mass is 9.85. The summed E-state index contributed by atoms with van der Waals surface area (Å²) in [7, 11) is 1.73. The number of urea groups is 1. The Morgan fingerprint density at radius 3 is 2.10 bits per heavy atom. The molecule has 1 saturated heterocycles. The van der Waals surface area contributed by atoms with E-state index in [1.807, 2.05) is 4.90 Å². The van der Waals surface area contributed by atoms with Crippen LogP contribution in [-0.4, -0.2) is 66.6 Å². The Morgan fingerprint density at radius 2 is 1.56 bits per heavy atom. The third-order valence-corrected chi connectivity index (χ3v) is 7.68. The van der Waals surface area contributed by atoms with E-state index in [9.17, 15) is 41.3 Å². The quantitative estimate of drug-likeness (QED) is 0.238. The Hall–Kier alpha value is -3.71. The van der Waals surface area contributed by atoms with Crippen molar-refractivity contribution in [3.8, 4) is 0 Å². The van der Waals surface area contributed by atoms with Crippen molar-refractivity contribution >= 4 is 23.1 Å². The third-order valence-electron chi connectivity index (χ3n) is 7.68. The molecule has 1 saturated carbocycles. The van der Waals surface area contributed by atoms with E-state index >= 15 is 0 Å². The van der Waals surface area contributed by atoms with Crippen LogP contribution >= 0.6 is 0 Å². The first-order valence-corrected chi connectivity index (χ1v) is 13.3. The lowest BCUT2D eigenvalue weighted by Gasteiger charge is -2.39. The van der Waals surface area contributed by atoms with Gasteiger partial charge in [0.1, 0.15) is 5.56 Å². The number of nitro benzene ring substituents is 1. The molecule has 2 aromatic rings. The number of halogens is 6. The number of hydrogen-bond acceptors (Lipinski definition) is 5. The van der Waals surface area contributed by atoms with E-state index in [1.165, 1.54) is 18.2 Å². The van der Waals surface area contributed by atoms with E-state index in [-0.39, 0.29) is 23.7 Å². The van der Waals surface area contributed by atoms with Crippen molar-refractivity contribution in [1.29, 1.82) is 0 Å². The molecule has 2 aliphatic rings. The van der Waals surface area contributed by atoms with Gasteiger partial charge in [0.2, 0.25) is 0 Å². The van der Waals surface area contributed by atoms with Crippen LogP contribution in [0, 0.1) is 16.0 Å². The maximum absolute atomic E-state index is 13.3. The molecule has 4 rings (SSSR count). The molecule has 41 heavy (non-hydrogen) atoms.